The Bertz CT molecular complexity index is 664. The molecule has 0 bridgehead atoms. The van der Waals surface area contributed by atoms with Gasteiger partial charge in [0.15, 0.2) is 5.69 Å². The molecule has 20 heavy (non-hydrogen) atoms. The summed E-state index contributed by atoms with van der Waals surface area (Å²) in [5.74, 6) is 0.319. The Labute approximate surface area is 124 Å². The average molecular weight is 313 g/mol. The van der Waals surface area contributed by atoms with Gasteiger partial charge >= 0.3 is 5.69 Å². The Hall–Kier alpha value is -1.92. The van der Waals surface area contributed by atoms with Gasteiger partial charge in [0.2, 0.25) is 5.95 Å². The standard InChI is InChI=1S/C12H10Cl2N4O2/c1-2-15-12-16-6-10(18(19)20)11(17-12)7-3-4-8(13)9(14)5-7/h3-6H,2H2,1H3,(H,15,16,17). The van der Waals surface area contributed by atoms with Crippen LogP contribution < -0.4 is 5.32 Å². The molecule has 0 aliphatic carbocycles. The van der Waals surface area contributed by atoms with Gasteiger partial charge in [-0.05, 0) is 19.1 Å². The molecule has 0 fully saturated rings. The van der Waals surface area contributed by atoms with Crippen LogP contribution in [0.4, 0.5) is 11.6 Å². The van der Waals surface area contributed by atoms with Crippen LogP contribution in [0.1, 0.15) is 6.92 Å². The molecule has 2 rings (SSSR count). The number of hydrogen-bond acceptors (Lipinski definition) is 5. The van der Waals surface area contributed by atoms with Crippen molar-refractivity contribution in [3.63, 3.8) is 0 Å². The van der Waals surface area contributed by atoms with Gasteiger partial charge in [-0.3, -0.25) is 10.1 Å². The number of benzene rings is 1. The number of hydrogen-bond donors (Lipinski definition) is 1. The lowest BCUT2D eigenvalue weighted by atomic mass is 10.1. The van der Waals surface area contributed by atoms with Crippen molar-refractivity contribution >= 4 is 34.8 Å². The van der Waals surface area contributed by atoms with Gasteiger partial charge in [0, 0.05) is 12.1 Å². The van der Waals surface area contributed by atoms with Gasteiger partial charge in [0.25, 0.3) is 0 Å². The predicted molar refractivity (Wildman–Crippen MR) is 78.3 cm³/mol. The summed E-state index contributed by atoms with van der Waals surface area (Å²) in [4.78, 5) is 18.6. The second-order valence-electron chi connectivity index (χ2n) is 3.84. The van der Waals surface area contributed by atoms with Crippen molar-refractivity contribution in [2.45, 2.75) is 6.92 Å². The third-order valence-corrected chi connectivity index (χ3v) is 3.23. The summed E-state index contributed by atoms with van der Waals surface area (Å²) >= 11 is 11.8. The third-order valence-electron chi connectivity index (χ3n) is 2.49. The maximum absolute atomic E-state index is 11.1. The minimum atomic E-state index is -0.534. The molecule has 8 heteroatoms. The topological polar surface area (TPSA) is 81.0 Å². The molecule has 2 aromatic rings. The number of nitrogens with zero attached hydrogens (tertiary/aromatic N) is 3. The molecule has 0 saturated heterocycles. The molecule has 0 saturated carbocycles. The number of anilines is 1. The van der Waals surface area contributed by atoms with Crippen molar-refractivity contribution in [1.29, 1.82) is 0 Å². The van der Waals surface area contributed by atoms with Crippen LogP contribution in [0.2, 0.25) is 10.0 Å². The maximum Gasteiger partial charge on any atom is 0.313 e. The van der Waals surface area contributed by atoms with E-state index in [2.05, 4.69) is 15.3 Å². The normalized spacial score (nSPS) is 10.3. The first-order valence-electron chi connectivity index (χ1n) is 5.73. The second kappa shape index (κ2) is 6.02. The Morgan fingerprint density at radius 3 is 2.70 bits per heavy atom. The fourth-order valence-electron chi connectivity index (χ4n) is 1.61. The van der Waals surface area contributed by atoms with Crippen LogP contribution in [-0.2, 0) is 0 Å². The zero-order valence-electron chi connectivity index (χ0n) is 10.4. The molecule has 0 aliphatic heterocycles. The van der Waals surface area contributed by atoms with E-state index in [1.54, 1.807) is 12.1 Å². The van der Waals surface area contributed by atoms with E-state index in [1.165, 1.54) is 12.3 Å². The monoisotopic (exact) mass is 312 g/mol. The molecule has 0 radical (unpaired) electrons. The number of nitro groups is 1. The van der Waals surface area contributed by atoms with Gasteiger partial charge in [-0.15, -0.1) is 0 Å². The first-order chi connectivity index (χ1) is 9.52. The fourth-order valence-corrected chi connectivity index (χ4v) is 1.91. The van der Waals surface area contributed by atoms with Crippen molar-refractivity contribution in [1.82, 2.24) is 9.97 Å². The molecule has 1 aromatic heterocycles. The van der Waals surface area contributed by atoms with Gasteiger partial charge in [0.1, 0.15) is 6.20 Å². The molecule has 0 amide bonds. The summed E-state index contributed by atoms with van der Waals surface area (Å²) < 4.78 is 0. The van der Waals surface area contributed by atoms with Crippen LogP contribution in [0.15, 0.2) is 24.4 Å². The van der Waals surface area contributed by atoms with E-state index in [9.17, 15) is 10.1 Å². The van der Waals surface area contributed by atoms with Crippen LogP contribution in [0.3, 0.4) is 0 Å². The van der Waals surface area contributed by atoms with Crippen LogP contribution in [0, 0.1) is 10.1 Å². The minimum absolute atomic E-state index is 0.190. The number of rotatable bonds is 4. The second-order valence-corrected chi connectivity index (χ2v) is 4.66. The molecular formula is C12H10Cl2N4O2. The van der Waals surface area contributed by atoms with Crippen molar-refractivity contribution in [2.75, 3.05) is 11.9 Å². The van der Waals surface area contributed by atoms with E-state index >= 15 is 0 Å². The maximum atomic E-state index is 11.1. The van der Waals surface area contributed by atoms with Crippen molar-refractivity contribution in [3.05, 3.63) is 44.6 Å². The summed E-state index contributed by atoms with van der Waals surface area (Å²) in [5.41, 5.74) is 0.511. The molecule has 6 nitrogen and oxygen atoms in total. The molecule has 1 N–H and O–H groups in total. The highest BCUT2D eigenvalue weighted by Crippen LogP contribution is 2.32. The van der Waals surface area contributed by atoms with E-state index in [4.69, 9.17) is 23.2 Å². The Morgan fingerprint density at radius 2 is 2.10 bits per heavy atom. The van der Waals surface area contributed by atoms with Gasteiger partial charge < -0.3 is 5.32 Å². The number of nitrogens with one attached hydrogen (secondary N) is 1. The van der Waals surface area contributed by atoms with Gasteiger partial charge in [-0.2, -0.15) is 0 Å². The highest BCUT2D eigenvalue weighted by atomic mass is 35.5. The summed E-state index contributed by atoms with van der Waals surface area (Å²) in [5, 5.41) is 14.6. The third kappa shape index (κ3) is 2.97. The molecule has 1 heterocycles. The Morgan fingerprint density at radius 1 is 1.35 bits per heavy atom. The first-order valence-corrected chi connectivity index (χ1v) is 6.49. The van der Waals surface area contributed by atoms with Gasteiger partial charge in [-0.1, -0.05) is 29.3 Å². The Balaban J connectivity index is 2.59. The van der Waals surface area contributed by atoms with Crippen LogP contribution in [-0.4, -0.2) is 21.4 Å². The summed E-state index contributed by atoms with van der Waals surface area (Å²) in [6.45, 7) is 2.49. The van der Waals surface area contributed by atoms with Crippen molar-refractivity contribution < 1.29 is 4.92 Å². The molecule has 0 spiro atoms. The van der Waals surface area contributed by atoms with Crippen LogP contribution in [0.5, 0.6) is 0 Å². The van der Waals surface area contributed by atoms with E-state index in [0.717, 1.165) is 0 Å². The van der Waals surface area contributed by atoms with E-state index in [-0.39, 0.29) is 11.4 Å². The molecule has 0 atom stereocenters. The van der Waals surface area contributed by atoms with Crippen LogP contribution >= 0.6 is 23.2 Å². The molecular weight excluding hydrogens is 303 g/mol. The lowest BCUT2D eigenvalue weighted by Crippen LogP contribution is -2.04. The summed E-state index contributed by atoms with van der Waals surface area (Å²) in [6, 6.07) is 4.73. The lowest BCUT2D eigenvalue weighted by molar-refractivity contribution is -0.384. The summed E-state index contributed by atoms with van der Waals surface area (Å²) in [7, 11) is 0. The summed E-state index contributed by atoms with van der Waals surface area (Å²) in [6.07, 6.45) is 1.17. The molecule has 0 aliphatic rings. The van der Waals surface area contributed by atoms with E-state index in [1.807, 2.05) is 6.92 Å². The highest BCUT2D eigenvalue weighted by molar-refractivity contribution is 6.42. The van der Waals surface area contributed by atoms with E-state index < -0.39 is 4.92 Å². The molecule has 1 aromatic carbocycles. The smallest absolute Gasteiger partial charge is 0.313 e. The first kappa shape index (κ1) is 14.5. The highest BCUT2D eigenvalue weighted by Gasteiger charge is 2.19. The largest absolute Gasteiger partial charge is 0.354 e. The zero-order chi connectivity index (χ0) is 14.7. The number of aromatic nitrogens is 2. The van der Waals surface area contributed by atoms with Crippen molar-refractivity contribution in [2.24, 2.45) is 0 Å². The van der Waals surface area contributed by atoms with Gasteiger partial charge in [-0.25, -0.2) is 9.97 Å². The quantitative estimate of drug-likeness (QED) is 0.686. The van der Waals surface area contributed by atoms with Crippen LogP contribution in [0.25, 0.3) is 11.3 Å². The average Bonchev–Trinajstić information content (AvgIpc) is 2.42. The SMILES string of the molecule is CCNc1ncc([N+](=O)[O-])c(-c2ccc(Cl)c(Cl)c2)n1. The zero-order valence-corrected chi connectivity index (χ0v) is 11.9. The van der Waals surface area contributed by atoms with E-state index in [0.29, 0.717) is 28.1 Å². The van der Waals surface area contributed by atoms with Crippen molar-refractivity contribution in [3.8, 4) is 11.3 Å². The predicted octanol–water partition coefficient (Wildman–Crippen LogP) is 3.79. The fraction of sp³-hybridized carbons (Fsp3) is 0.167. The van der Waals surface area contributed by atoms with Gasteiger partial charge in [0.05, 0.1) is 15.0 Å². The molecule has 104 valence electrons. The minimum Gasteiger partial charge on any atom is -0.354 e. The lowest BCUT2D eigenvalue weighted by Gasteiger charge is -2.06. The Kier molecular flexibility index (Phi) is 4.36. The molecule has 0 unspecified atom stereocenters. The number of halogens is 2.